The van der Waals surface area contributed by atoms with Crippen LogP contribution in [-0.2, 0) is 17.4 Å². The van der Waals surface area contributed by atoms with Gasteiger partial charge < -0.3 is 9.05 Å². The lowest BCUT2D eigenvalue weighted by molar-refractivity contribution is 0.289. The SMILES string of the molecule is O=P(O)(Oc1ccccc1Cc1ccccc1)Oc1ccccc1Cc1ccccc1. The van der Waals surface area contributed by atoms with Gasteiger partial charge in [0.25, 0.3) is 0 Å². The molecule has 0 saturated carbocycles. The number of rotatable bonds is 8. The zero-order chi connectivity index (χ0) is 21.5. The van der Waals surface area contributed by atoms with Gasteiger partial charge in [0.2, 0.25) is 0 Å². The molecule has 0 fully saturated rings. The first kappa shape index (κ1) is 20.9. The Morgan fingerprint density at radius 1 is 0.548 bits per heavy atom. The first-order valence-electron chi connectivity index (χ1n) is 10.0. The van der Waals surface area contributed by atoms with E-state index < -0.39 is 7.82 Å². The van der Waals surface area contributed by atoms with Gasteiger partial charge in [0.1, 0.15) is 11.5 Å². The molecule has 4 aromatic carbocycles. The molecule has 0 aromatic heterocycles. The summed E-state index contributed by atoms with van der Waals surface area (Å²) in [5.74, 6) is 0.662. The van der Waals surface area contributed by atoms with Crippen molar-refractivity contribution in [3.63, 3.8) is 0 Å². The molecular weight excluding hydrogens is 407 g/mol. The van der Waals surface area contributed by atoms with Crippen LogP contribution in [0.4, 0.5) is 0 Å². The lowest BCUT2D eigenvalue weighted by Crippen LogP contribution is -2.04. The summed E-state index contributed by atoms with van der Waals surface area (Å²) in [7, 11) is -4.40. The van der Waals surface area contributed by atoms with Crippen LogP contribution in [0.5, 0.6) is 11.5 Å². The molecule has 0 aliphatic heterocycles. The van der Waals surface area contributed by atoms with E-state index in [0.29, 0.717) is 24.3 Å². The molecule has 0 saturated heterocycles. The van der Waals surface area contributed by atoms with Crippen LogP contribution < -0.4 is 9.05 Å². The maximum absolute atomic E-state index is 12.9. The second-order valence-corrected chi connectivity index (χ2v) is 8.49. The lowest BCUT2D eigenvalue weighted by Gasteiger charge is -2.18. The second-order valence-electron chi connectivity index (χ2n) is 7.19. The first-order chi connectivity index (χ1) is 15.1. The summed E-state index contributed by atoms with van der Waals surface area (Å²) in [6.07, 6.45) is 1.17. The van der Waals surface area contributed by atoms with Crippen LogP contribution in [-0.4, -0.2) is 4.89 Å². The Hall–Kier alpha value is -3.33. The van der Waals surface area contributed by atoms with E-state index in [1.54, 1.807) is 24.3 Å². The van der Waals surface area contributed by atoms with Crippen LogP contribution in [0.2, 0.25) is 0 Å². The molecule has 0 amide bonds. The van der Waals surface area contributed by atoms with Crippen LogP contribution in [0.3, 0.4) is 0 Å². The monoisotopic (exact) mass is 430 g/mol. The standard InChI is InChI=1S/C26H23O4P/c27-31(28,29-25-17-9-7-15-23(25)19-21-11-3-1-4-12-21)30-26-18-10-8-16-24(26)20-22-13-5-2-6-14-22/h1-18H,19-20H2,(H,27,28). The molecule has 1 N–H and O–H groups in total. The Labute approximate surface area is 182 Å². The quantitative estimate of drug-likeness (QED) is 0.328. The van der Waals surface area contributed by atoms with Gasteiger partial charge >= 0.3 is 7.82 Å². The minimum absolute atomic E-state index is 0.331. The van der Waals surface area contributed by atoms with Crippen molar-refractivity contribution >= 4 is 7.82 Å². The summed E-state index contributed by atoms with van der Waals surface area (Å²) in [6.45, 7) is 0. The normalized spacial score (nSPS) is 11.1. The topological polar surface area (TPSA) is 55.8 Å². The van der Waals surface area contributed by atoms with Crippen LogP contribution in [0, 0.1) is 0 Å². The van der Waals surface area contributed by atoms with Gasteiger partial charge in [0, 0.05) is 12.8 Å². The fraction of sp³-hybridized carbons (Fsp3) is 0.0769. The van der Waals surface area contributed by atoms with Crippen LogP contribution in [0.15, 0.2) is 109 Å². The molecular formula is C26H23O4P. The Morgan fingerprint density at radius 2 is 0.903 bits per heavy atom. The summed E-state index contributed by atoms with van der Waals surface area (Å²) in [5.41, 5.74) is 3.79. The zero-order valence-electron chi connectivity index (χ0n) is 16.9. The van der Waals surface area contributed by atoms with Crippen molar-refractivity contribution in [3.8, 4) is 11.5 Å². The van der Waals surface area contributed by atoms with Crippen molar-refractivity contribution in [3.05, 3.63) is 131 Å². The van der Waals surface area contributed by atoms with Gasteiger partial charge in [-0.2, -0.15) is 0 Å². The number of phosphoric acid groups is 1. The largest absolute Gasteiger partial charge is 0.584 e. The smallest absolute Gasteiger partial charge is 0.395 e. The molecule has 4 rings (SSSR count). The molecule has 0 atom stereocenters. The number of hydrogen-bond acceptors (Lipinski definition) is 3. The summed E-state index contributed by atoms with van der Waals surface area (Å²) in [5, 5.41) is 0. The molecule has 0 aliphatic carbocycles. The second kappa shape index (κ2) is 9.65. The van der Waals surface area contributed by atoms with Gasteiger partial charge in [-0.05, 0) is 34.4 Å². The van der Waals surface area contributed by atoms with E-state index in [0.717, 1.165) is 22.3 Å². The third-order valence-electron chi connectivity index (χ3n) is 4.85. The predicted octanol–water partition coefficient (Wildman–Crippen LogP) is 6.43. The van der Waals surface area contributed by atoms with Crippen LogP contribution in [0.1, 0.15) is 22.3 Å². The third kappa shape index (κ3) is 5.85. The summed E-state index contributed by atoms with van der Waals surface area (Å²) in [6, 6.07) is 34.2. The Morgan fingerprint density at radius 3 is 1.32 bits per heavy atom. The van der Waals surface area contributed by atoms with Gasteiger partial charge in [-0.3, -0.25) is 4.89 Å². The van der Waals surface area contributed by atoms with E-state index in [9.17, 15) is 9.46 Å². The van der Waals surface area contributed by atoms with E-state index in [4.69, 9.17) is 9.05 Å². The first-order valence-corrected chi connectivity index (χ1v) is 11.5. The maximum Gasteiger partial charge on any atom is 0.584 e. The zero-order valence-corrected chi connectivity index (χ0v) is 17.8. The van der Waals surface area contributed by atoms with Crippen LogP contribution in [0.25, 0.3) is 0 Å². The van der Waals surface area contributed by atoms with E-state index in [1.165, 1.54) is 0 Å². The lowest BCUT2D eigenvalue weighted by atomic mass is 10.0. The van der Waals surface area contributed by atoms with Crippen molar-refractivity contribution in [2.24, 2.45) is 0 Å². The highest BCUT2D eigenvalue weighted by Crippen LogP contribution is 2.46. The predicted molar refractivity (Wildman–Crippen MR) is 122 cm³/mol. The van der Waals surface area contributed by atoms with Gasteiger partial charge in [0.05, 0.1) is 0 Å². The summed E-state index contributed by atoms with van der Waals surface area (Å²) < 4.78 is 23.9. The van der Waals surface area contributed by atoms with Crippen molar-refractivity contribution in [2.45, 2.75) is 12.8 Å². The molecule has 0 radical (unpaired) electrons. The van der Waals surface area contributed by atoms with Crippen LogP contribution >= 0.6 is 7.82 Å². The Kier molecular flexibility index (Phi) is 6.51. The molecule has 31 heavy (non-hydrogen) atoms. The molecule has 4 aromatic rings. The van der Waals surface area contributed by atoms with Crippen molar-refractivity contribution in [2.75, 3.05) is 0 Å². The molecule has 0 aliphatic rings. The minimum Gasteiger partial charge on any atom is -0.395 e. The minimum atomic E-state index is -4.40. The van der Waals surface area contributed by atoms with Gasteiger partial charge in [-0.15, -0.1) is 0 Å². The Bertz CT molecular complexity index is 1090. The van der Waals surface area contributed by atoms with Crippen molar-refractivity contribution in [1.82, 2.24) is 0 Å². The van der Waals surface area contributed by atoms with Crippen molar-refractivity contribution in [1.29, 1.82) is 0 Å². The fourth-order valence-electron chi connectivity index (χ4n) is 3.38. The highest BCUT2D eigenvalue weighted by Gasteiger charge is 2.27. The number of phosphoric ester groups is 1. The summed E-state index contributed by atoms with van der Waals surface area (Å²) in [4.78, 5) is 10.5. The molecule has 0 unspecified atom stereocenters. The molecule has 156 valence electrons. The fourth-order valence-corrected chi connectivity index (χ4v) is 4.27. The number of para-hydroxylation sites is 2. The molecule has 0 spiro atoms. The van der Waals surface area contributed by atoms with Gasteiger partial charge in [-0.1, -0.05) is 97.1 Å². The highest BCUT2D eigenvalue weighted by molar-refractivity contribution is 7.48. The summed E-state index contributed by atoms with van der Waals surface area (Å²) >= 11 is 0. The Balaban J connectivity index is 1.53. The molecule has 4 nitrogen and oxygen atoms in total. The number of benzene rings is 4. The van der Waals surface area contributed by atoms with E-state index in [-0.39, 0.29) is 0 Å². The number of hydrogen-bond donors (Lipinski definition) is 1. The molecule has 0 heterocycles. The van der Waals surface area contributed by atoms with Crippen molar-refractivity contribution < 1.29 is 18.5 Å². The van der Waals surface area contributed by atoms with E-state index in [1.807, 2.05) is 84.9 Å². The maximum atomic E-state index is 12.9. The molecule has 0 bridgehead atoms. The molecule has 5 heteroatoms. The average Bonchev–Trinajstić information content (AvgIpc) is 2.78. The third-order valence-corrected chi connectivity index (χ3v) is 5.70. The average molecular weight is 430 g/mol. The van der Waals surface area contributed by atoms with Gasteiger partial charge in [0.15, 0.2) is 0 Å². The van der Waals surface area contributed by atoms with E-state index in [2.05, 4.69) is 0 Å². The van der Waals surface area contributed by atoms with Gasteiger partial charge in [-0.25, -0.2) is 4.57 Å². The highest BCUT2D eigenvalue weighted by atomic mass is 31.2. The van der Waals surface area contributed by atoms with E-state index >= 15 is 0 Å².